The third-order valence-electron chi connectivity index (χ3n) is 8.54. The minimum Gasteiger partial charge on any atom is -0.485 e. The van der Waals surface area contributed by atoms with E-state index in [0.717, 1.165) is 33.7 Å². The first-order valence-corrected chi connectivity index (χ1v) is 13.9. The first-order chi connectivity index (χ1) is 19.3. The van der Waals surface area contributed by atoms with E-state index in [-0.39, 0.29) is 18.2 Å². The predicted octanol–water partition coefficient (Wildman–Crippen LogP) is 5.45. The molecule has 0 radical (unpaired) electrons. The Balaban J connectivity index is 1.30. The zero-order valence-electron chi connectivity index (χ0n) is 23.2. The fourth-order valence-electron chi connectivity index (χ4n) is 5.65. The number of hydrogen-bond donors (Lipinski definition) is 1. The number of aliphatic imine (C=N–C) groups is 2. The Bertz CT molecular complexity index is 1580. The fraction of sp³-hybridized carbons (Fsp3) is 0.273. The van der Waals surface area contributed by atoms with Gasteiger partial charge in [-0.15, -0.1) is 0 Å². The Kier molecular flexibility index (Phi) is 5.84. The second-order valence-corrected chi connectivity index (χ2v) is 11.7. The number of rotatable bonds is 4. The molecule has 40 heavy (non-hydrogen) atoms. The summed E-state index contributed by atoms with van der Waals surface area (Å²) in [5.74, 6) is 2.51. The molecule has 3 aromatic carbocycles. The maximum Gasteiger partial charge on any atom is 0.494 e. The van der Waals surface area contributed by atoms with Crippen LogP contribution in [-0.4, -0.2) is 36.1 Å². The lowest BCUT2D eigenvalue weighted by molar-refractivity contribution is 0.00578. The molecule has 0 amide bonds. The first kappa shape index (κ1) is 25.1. The van der Waals surface area contributed by atoms with E-state index in [2.05, 4.69) is 81.6 Å². The van der Waals surface area contributed by atoms with Crippen molar-refractivity contribution < 1.29 is 14.0 Å². The second-order valence-electron chi connectivity index (χ2n) is 11.7. The van der Waals surface area contributed by atoms with Crippen LogP contribution in [0.25, 0.3) is 0 Å². The molecule has 3 unspecified atom stereocenters. The minimum absolute atomic E-state index is 0.00652. The van der Waals surface area contributed by atoms with E-state index in [1.165, 1.54) is 5.56 Å². The highest BCUT2D eigenvalue weighted by molar-refractivity contribution is 6.62. The van der Waals surface area contributed by atoms with Crippen LogP contribution in [-0.2, 0) is 9.31 Å². The van der Waals surface area contributed by atoms with Crippen molar-refractivity contribution in [3.8, 4) is 5.75 Å². The van der Waals surface area contributed by atoms with Crippen LogP contribution in [0.5, 0.6) is 5.75 Å². The molecule has 6 nitrogen and oxygen atoms in total. The molecule has 0 bridgehead atoms. The van der Waals surface area contributed by atoms with Gasteiger partial charge in [0, 0.05) is 28.2 Å². The van der Waals surface area contributed by atoms with Gasteiger partial charge in [-0.1, -0.05) is 85.0 Å². The largest absolute Gasteiger partial charge is 0.494 e. The van der Waals surface area contributed by atoms with Gasteiger partial charge in [-0.3, -0.25) is 0 Å². The molecule has 0 spiro atoms. The molecule has 0 saturated carbocycles. The zero-order valence-corrected chi connectivity index (χ0v) is 23.2. The van der Waals surface area contributed by atoms with E-state index in [9.17, 15) is 0 Å². The van der Waals surface area contributed by atoms with Crippen molar-refractivity contribution in [2.75, 3.05) is 0 Å². The van der Waals surface area contributed by atoms with Gasteiger partial charge in [0.1, 0.15) is 23.9 Å². The Morgan fingerprint density at radius 2 is 1.52 bits per heavy atom. The normalized spacial score (nSPS) is 25.4. The molecule has 3 aliphatic heterocycles. The van der Waals surface area contributed by atoms with Crippen molar-refractivity contribution in [2.45, 2.75) is 57.1 Å². The fourth-order valence-corrected chi connectivity index (χ4v) is 5.65. The summed E-state index contributed by atoms with van der Waals surface area (Å²) in [6, 6.07) is 24.6. The molecule has 1 aliphatic carbocycles. The molecule has 0 aromatic heterocycles. The van der Waals surface area contributed by atoms with Crippen molar-refractivity contribution in [1.82, 2.24) is 5.32 Å². The highest BCUT2D eigenvalue weighted by Crippen LogP contribution is 2.45. The lowest BCUT2D eigenvalue weighted by atomic mass is 9.78. The summed E-state index contributed by atoms with van der Waals surface area (Å²) in [4.78, 5) is 10.2. The van der Waals surface area contributed by atoms with E-state index in [4.69, 9.17) is 24.0 Å². The molecule has 3 heterocycles. The van der Waals surface area contributed by atoms with E-state index in [1.807, 2.05) is 48.5 Å². The summed E-state index contributed by atoms with van der Waals surface area (Å²) in [5.41, 5.74) is 4.29. The maximum absolute atomic E-state index is 6.34. The second kappa shape index (κ2) is 9.32. The van der Waals surface area contributed by atoms with E-state index in [1.54, 1.807) is 0 Å². The zero-order chi connectivity index (χ0) is 27.5. The Morgan fingerprint density at radius 3 is 2.33 bits per heavy atom. The van der Waals surface area contributed by atoms with Gasteiger partial charge >= 0.3 is 7.12 Å². The molecule has 200 valence electrons. The van der Waals surface area contributed by atoms with E-state index in [0.29, 0.717) is 5.84 Å². The van der Waals surface area contributed by atoms with Crippen molar-refractivity contribution in [2.24, 2.45) is 9.98 Å². The number of nitrogens with zero attached hydrogens (tertiary/aromatic N) is 2. The lowest BCUT2D eigenvalue weighted by Gasteiger charge is -2.32. The number of benzene rings is 3. The number of hydrogen-bond acceptors (Lipinski definition) is 6. The number of amidine groups is 2. The number of fused-ring (bicyclic) bond motifs is 3. The summed E-state index contributed by atoms with van der Waals surface area (Å²) in [6.07, 6.45) is 8.15. The summed E-state index contributed by atoms with van der Waals surface area (Å²) >= 11 is 0. The Labute approximate surface area is 235 Å². The van der Waals surface area contributed by atoms with Gasteiger partial charge < -0.3 is 19.4 Å². The SMILES string of the molecule is CC1(C)OB(c2cccc(C3=NC(c4cccc5c4C4C=CC=CC4O5)NC(c4ccccc4)=N3)c2)OC1(C)C. The highest BCUT2D eigenvalue weighted by atomic mass is 16.7. The third kappa shape index (κ3) is 4.21. The van der Waals surface area contributed by atoms with Gasteiger partial charge in [-0.2, -0.15) is 0 Å². The minimum atomic E-state index is -0.460. The third-order valence-corrected chi connectivity index (χ3v) is 8.54. The van der Waals surface area contributed by atoms with Crippen LogP contribution in [0.1, 0.15) is 62.0 Å². The number of nitrogens with one attached hydrogen (secondary N) is 1. The molecular weight excluding hydrogens is 497 g/mol. The van der Waals surface area contributed by atoms with Crippen LogP contribution < -0.4 is 15.5 Å². The summed E-state index contributed by atoms with van der Waals surface area (Å²) in [5, 5.41) is 3.62. The monoisotopic (exact) mass is 529 g/mol. The van der Waals surface area contributed by atoms with E-state index >= 15 is 0 Å². The van der Waals surface area contributed by atoms with Crippen molar-refractivity contribution >= 4 is 24.3 Å². The van der Waals surface area contributed by atoms with E-state index < -0.39 is 18.3 Å². The maximum atomic E-state index is 6.34. The summed E-state index contributed by atoms with van der Waals surface area (Å²) in [6.45, 7) is 8.27. The quantitative estimate of drug-likeness (QED) is 0.457. The van der Waals surface area contributed by atoms with Crippen LogP contribution >= 0.6 is 0 Å². The van der Waals surface area contributed by atoms with Gasteiger partial charge in [0.25, 0.3) is 0 Å². The number of ether oxygens (including phenoxy) is 1. The van der Waals surface area contributed by atoms with Gasteiger partial charge in [0.15, 0.2) is 5.84 Å². The predicted molar refractivity (Wildman–Crippen MR) is 159 cm³/mol. The Morgan fingerprint density at radius 1 is 0.800 bits per heavy atom. The van der Waals surface area contributed by atoms with Crippen molar-refractivity contribution in [3.05, 3.63) is 119 Å². The number of allylic oxidation sites excluding steroid dienone is 2. The molecule has 4 aliphatic rings. The van der Waals surface area contributed by atoms with Gasteiger partial charge in [0.05, 0.1) is 11.2 Å². The molecule has 1 saturated heterocycles. The highest BCUT2D eigenvalue weighted by Gasteiger charge is 2.51. The molecule has 1 fully saturated rings. The smallest absolute Gasteiger partial charge is 0.485 e. The van der Waals surface area contributed by atoms with Crippen molar-refractivity contribution in [1.29, 1.82) is 0 Å². The van der Waals surface area contributed by atoms with Crippen LogP contribution in [0, 0.1) is 0 Å². The molecular formula is C33H32BN3O3. The van der Waals surface area contributed by atoms with Crippen LogP contribution in [0.4, 0.5) is 0 Å². The molecule has 7 rings (SSSR count). The molecule has 7 heteroatoms. The first-order valence-electron chi connectivity index (χ1n) is 13.9. The average Bonchev–Trinajstić information content (AvgIpc) is 3.46. The van der Waals surface area contributed by atoms with Crippen molar-refractivity contribution in [3.63, 3.8) is 0 Å². The topological polar surface area (TPSA) is 64.4 Å². The Hall–Kier alpha value is -3.94. The molecule has 3 aromatic rings. The summed E-state index contributed by atoms with van der Waals surface area (Å²) < 4.78 is 19.0. The van der Waals surface area contributed by atoms with Gasteiger partial charge in [-0.25, -0.2) is 9.98 Å². The lowest BCUT2D eigenvalue weighted by Crippen LogP contribution is -2.41. The molecule has 1 N–H and O–H groups in total. The average molecular weight is 529 g/mol. The van der Waals surface area contributed by atoms with Crippen LogP contribution in [0.2, 0.25) is 0 Å². The van der Waals surface area contributed by atoms with Crippen LogP contribution in [0.3, 0.4) is 0 Å². The molecule has 3 atom stereocenters. The standard InChI is InChI=1S/C33H32BN3O3/c1-32(2)33(3,4)40-34(39-32)23-15-10-14-22(20-23)30-35-29(21-12-6-5-7-13-21)36-31(37-30)25-17-11-19-27-28(25)24-16-8-9-18-26(24)38-27/h5-20,24,26,31H,1-4H3,(H,35,36,37). The summed E-state index contributed by atoms with van der Waals surface area (Å²) in [7, 11) is -0.460. The van der Waals surface area contributed by atoms with Gasteiger partial charge in [0.2, 0.25) is 0 Å². The van der Waals surface area contributed by atoms with Gasteiger partial charge in [-0.05, 0) is 45.3 Å². The van der Waals surface area contributed by atoms with Crippen LogP contribution in [0.15, 0.2) is 107 Å².